The zero-order valence-electron chi connectivity index (χ0n) is 17.9. The molecule has 2 aromatic carbocycles. The van der Waals surface area contributed by atoms with E-state index in [9.17, 15) is 4.79 Å². The number of methoxy groups -OCH3 is 2. The van der Waals surface area contributed by atoms with Crippen LogP contribution in [0.4, 0.5) is 0 Å². The van der Waals surface area contributed by atoms with Crippen molar-refractivity contribution in [2.45, 2.75) is 25.3 Å². The minimum atomic E-state index is 0.0523. The van der Waals surface area contributed by atoms with Crippen molar-refractivity contribution in [3.8, 4) is 22.1 Å². The summed E-state index contributed by atoms with van der Waals surface area (Å²) in [5.41, 5.74) is 2.64. The molecule has 1 amide bonds. The molecule has 0 N–H and O–H groups in total. The summed E-state index contributed by atoms with van der Waals surface area (Å²) in [6.45, 7) is 0.764. The highest BCUT2D eigenvalue weighted by Gasteiger charge is 2.32. The number of hydrogen-bond acceptors (Lipinski definition) is 7. The van der Waals surface area contributed by atoms with Crippen molar-refractivity contribution >= 4 is 38.8 Å². The summed E-state index contributed by atoms with van der Waals surface area (Å²) in [6.07, 6.45) is 2.23. The predicted molar refractivity (Wildman–Crippen MR) is 128 cm³/mol. The number of rotatable bonds is 6. The van der Waals surface area contributed by atoms with E-state index < -0.39 is 0 Å². The summed E-state index contributed by atoms with van der Waals surface area (Å²) in [4.78, 5) is 24.7. The second kappa shape index (κ2) is 8.88. The summed E-state index contributed by atoms with van der Waals surface area (Å²) in [5.74, 6) is 1.41. The Morgan fingerprint density at radius 1 is 1.12 bits per heavy atom. The minimum absolute atomic E-state index is 0.0523. The predicted octanol–water partition coefficient (Wildman–Crippen LogP) is 5.34. The maximum Gasteiger partial charge on any atom is 0.229 e. The highest BCUT2D eigenvalue weighted by atomic mass is 32.1. The molecule has 3 heterocycles. The summed E-state index contributed by atoms with van der Waals surface area (Å²) in [6, 6.07) is 13.9. The lowest BCUT2D eigenvalue weighted by Gasteiger charge is -2.22. The van der Waals surface area contributed by atoms with Gasteiger partial charge >= 0.3 is 0 Å². The lowest BCUT2D eigenvalue weighted by atomic mass is 10.2. The van der Waals surface area contributed by atoms with Crippen LogP contribution in [0.5, 0.6) is 11.5 Å². The van der Waals surface area contributed by atoms with Gasteiger partial charge in [0.2, 0.25) is 5.91 Å². The minimum Gasteiger partial charge on any atom is -0.493 e. The number of amides is 1. The Morgan fingerprint density at radius 3 is 2.81 bits per heavy atom. The first-order chi connectivity index (χ1) is 15.7. The van der Waals surface area contributed by atoms with Gasteiger partial charge in [0.15, 0.2) is 11.5 Å². The normalized spacial score (nSPS) is 15.9. The molecule has 0 radical (unpaired) electrons. The van der Waals surface area contributed by atoms with Crippen LogP contribution in [-0.4, -0.2) is 41.5 Å². The number of carbonyl (C=O) groups excluding carboxylic acids is 1. The van der Waals surface area contributed by atoms with E-state index >= 15 is 0 Å². The third-order valence-electron chi connectivity index (χ3n) is 5.69. The second-order valence-electron chi connectivity index (χ2n) is 7.63. The second-order valence-corrected chi connectivity index (χ2v) is 9.55. The van der Waals surface area contributed by atoms with E-state index in [2.05, 4.69) is 6.07 Å². The number of hydrogen-bond donors (Lipinski definition) is 0. The van der Waals surface area contributed by atoms with Crippen molar-refractivity contribution in [1.29, 1.82) is 0 Å². The molecule has 4 aromatic rings. The average Bonchev–Trinajstić information content (AvgIpc) is 3.57. The molecule has 1 aliphatic rings. The maximum absolute atomic E-state index is 13.2. The molecule has 5 rings (SSSR count). The zero-order chi connectivity index (χ0) is 22.1. The van der Waals surface area contributed by atoms with Crippen LogP contribution in [0.3, 0.4) is 0 Å². The van der Waals surface area contributed by atoms with Gasteiger partial charge in [-0.25, -0.2) is 9.97 Å². The lowest BCUT2D eigenvalue weighted by Crippen LogP contribution is -2.31. The van der Waals surface area contributed by atoms with Gasteiger partial charge in [-0.15, -0.1) is 22.7 Å². The Kier molecular flexibility index (Phi) is 5.80. The smallest absolute Gasteiger partial charge is 0.229 e. The molecule has 0 aliphatic carbocycles. The lowest BCUT2D eigenvalue weighted by molar-refractivity contribution is -0.131. The van der Waals surface area contributed by atoms with Gasteiger partial charge in [-0.1, -0.05) is 18.2 Å². The molecule has 0 bridgehead atoms. The van der Waals surface area contributed by atoms with Crippen molar-refractivity contribution in [3.63, 3.8) is 0 Å². The Morgan fingerprint density at radius 2 is 2.00 bits per heavy atom. The van der Waals surface area contributed by atoms with E-state index in [1.807, 2.05) is 46.7 Å². The van der Waals surface area contributed by atoms with Crippen molar-refractivity contribution in [1.82, 2.24) is 14.9 Å². The van der Waals surface area contributed by atoms with Gasteiger partial charge in [0.05, 0.1) is 48.2 Å². The fourth-order valence-corrected chi connectivity index (χ4v) is 6.14. The van der Waals surface area contributed by atoms with Crippen molar-refractivity contribution < 1.29 is 14.3 Å². The third-order valence-corrected chi connectivity index (χ3v) is 7.75. The highest BCUT2D eigenvalue weighted by Crippen LogP contribution is 2.40. The summed E-state index contributed by atoms with van der Waals surface area (Å²) < 4.78 is 12.1. The van der Waals surface area contributed by atoms with Gasteiger partial charge in [-0.2, -0.15) is 0 Å². The molecule has 6 nitrogen and oxygen atoms in total. The van der Waals surface area contributed by atoms with E-state index in [4.69, 9.17) is 19.4 Å². The SMILES string of the molecule is COc1cccc(-c2nc(CC(=O)N3CCC[C@@H]3c3nc4ccccc4s3)cs2)c1OC. The van der Waals surface area contributed by atoms with Crippen molar-refractivity contribution in [2.75, 3.05) is 20.8 Å². The molecule has 1 atom stereocenters. The van der Waals surface area contributed by atoms with E-state index in [1.165, 1.54) is 11.3 Å². The summed E-state index contributed by atoms with van der Waals surface area (Å²) in [5, 5.41) is 3.79. The van der Waals surface area contributed by atoms with Crippen LogP contribution in [0.15, 0.2) is 47.8 Å². The molecular weight excluding hydrogens is 442 g/mol. The quantitative estimate of drug-likeness (QED) is 0.384. The van der Waals surface area contributed by atoms with Gasteiger partial charge in [0.1, 0.15) is 10.0 Å². The largest absolute Gasteiger partial charge is 0.493 e. The fourth-order valence-electron chi connectivity index (χ4n) is 4.18. The number of likely N-dealkylation sites (tertiary alicyclic amines) is 1. The number of ether oxygens (including phenoxy) is 2. The van der Waals surface area contributed by atoms with Gasteiger partial charge < -0.3 is 14.4 Å². The number of fused-ring (bicyclic) bond motifs is 1. The monoisotopic (exact) mass is 465 g/mol. The number of thiazole rings is 2. The number of benzene rings is 2. The van der Waals surface area contributed by atoms with Crippen LogP contribution >= 0.6 is 22.7 Å². The highest BCUT2D eigenvalue weighted by molar-refractivity contribution is 7.18. The number of aromatic nitrogens is 2. The number of carbonyl (C=O) groups is 1. The first kappa shape index (κ1) is 20.9. The van der Waals surface area contributed by atoms with Crippen LogP contribution in [0.1, 0.15) is 29.6 Å². The molecule has 0 spiro atoms. The average molecular weight is 466 g/mol. The van der Waals surface area contributed by atoms with Crippen molar-refractivity contribution in [3.05, 3.63) is 58.5 Å². The van der Waals surface area contributed by atoms with Crippen LogP contribution in [0.2, 0.25) is 0 Å². The van der Waals surface area contributed by atoms with Crippen LogP contribution in [0.25, 0.3) is 20.8 Å². The van der Waals surface area contributed by atoms with Crippen LogP contribution in [-0.2, 0) is 11.2 Å². The molecule has 8 heteroatoms. The van der Waals surface area contributed by atoms with Gasteiger partial charge in [-0.3, -0.25) is 4.79 Å². The molecule has 2 aromatic heterocycles. The molecule has 1 saturated heterocycles. The van der Waals surface area contributed by atoms with Gasteiger partial charge in [0.25, 0.3) is 0 Å². The van der Waals surface area contributed by atoms with Crippen LogP contribution in [0, 0.1) is 0 Å². The van der Waals surface area contributed by atoms with E-state index in [0.29, 0.717) is 11.5 Å². The Hall–Kier alpha value is -2.97. The molecule has 1 fully saturated rings. The first-order valence-corrected chi connectivity index (χ1v) is 12.2. The molecule has 32 heavy (non-hydrogen) atoms. The number of nitrogens with zero attached hydrogens (tertiary/aromatic N) is 3. The topological polar surface area (TPSA) is 64.5 Å². The van der Waals surface area contributed by atoms with E-state index in [-0.39, 0.29) is 18.4 Å². The third kappa shape index (κ3) is 3.84. The van der Waals surface area contributed by atoms with E-state index in [0.717, 1.165) is 50.9 Å². The molecule has 1 aliphatic heterocycles. The summed E-state index contributed by atoms with van der Waals surface area (Å²) in [7, 11) is 3.24. The van der Waals surface area contributed by atoms with Gasteiger partial charge in [0, 0.05) is 11.9 Å². The standard InChI is InChI=1S/C24H23N3O3S2/c1-29-19-10-5-7-16(22(19)30-2)23-25-15(14-31-23)13-21(28)27-12-6-9-18(27)24-26-17-8-3-4-11-20(17)32-24/h3-5,7-8,10-11,14,18H,6,9,12-13H2,1-2H3/t18-/m1/s1. The molecular formula is C24H23N3O3S2. The maximum atomic E-state index is 13.2. The Labute approximate surface area is 194 Å². The molecule has 164 valence electrons. The number of para-hydroxylation sites is 2. The summed E-state index contributed by atoms with van der Waals surface area (Å²) >= 11 is 3.19. The Bertz CT molecular complexity index is 1230. The fraction of sp³-hybridized carbons (Fsp3) is 0.292. The Balaban J connectivity index is 1.35. The molecule has 0 unspecified atom stereocenters. The van der Waals surface area contributed by atoms with Gasteiger partial charge in [-0.05, 0) is 37.1 Å². The zero-order valence-corrected chi connectivity index (χ0v) is 19.5. The van der Waals surface area contributed by atoms with Crippen LogP contribution < -0.4 is 9.47 Å². The first-order valence-electron chi connectivity index (χ1n) is 10.5. The molecule has 0 saturated carbocycles. The van der Waals surface area contributed by atoms with Crippen molar-refractivity contribution in [2.24, 2.45) is 0 Å². The van der Waals surface area contributed by atoms with E-state index in [1.54, 1.807) is 25.6 Å².